The van der Waals surface area contributed by atoms with E-state index in [2.05, 4.69) is 9.88 Å². The fourth-order valence-corrected chi connectivity index (χ4v) is 4.41. The molecular formula is C23H19FN4S. The van der Waals surface area contributed by atoms with Crippen molar-refractivity contribution in [1.82, 2.24) is 19.9 Å². The molecule has 1 aliphatic rings. The number of thiazole rings is 1. The molecule has 0 fully saturated rings. The van der Waals surface area contributed by atoms with Crippen LogP contribution >= 0.6 is 11.3 Å². The van der Waals surface area contributed by atoms with Crippen molar-refractivity contribution in [3.8, 4) is 22.6 Å². The van der Waals surface area contributed by atoms with E-state index in [1.54, 1.807) is 23.5 Å². The molecule has 4 nitrogen and oxygen atoms in total. The maximum absolute atomic E-state index is 13.1. The maximum Gasteiger partial charge on any atom is 0.159 e. The molecule has 4 aromatic rings. The Balaban J connectivity index is 1.29. The normalized spacial score (nSPS) is 14.0. The first kappa shape index (κ1) is 18.1. The van der Waals surface area contributed by atoms with Gasteiger partial charge in [0.15, 0.2) is 5.82 Å². The molecule has 0 spiro atoms. The highest BCUT2D eigenvalue weighted by atomic mass is 32.1. The lowest BCUT2D eigenvalue weighted by molar-refractivity contribution is 0.242. The van der Waals surface area contributed by atoms with E-state index >= 15 is 0 Å². The predicted octanol–water partition coefficient (Wildman–Crippen LogP) is 4.96. The zero-order valence-corrected chi connectivity index (χ0v) is 16.6. The Morgan fingerprint density at radius 2 is 1.79 bits per heavy atom. The van der Waals surface area contributed by atoms with Gasteiger partial charge in [0.25, 0.3) is 0 Å². The van der Waals surface area contributed by atoms with Crippen LogP contribution in [0.3, 0.4) is 0 Å². The summed E-state index contributed by atoms with van der Waals surface area (Å²) in [6.45, 7) is 2.57. The zero-order chi connectivity index (χ0) is 19.6. The minimum absolute atomic E-state index is 0.228. The van der Waals surface area contributed by atoms with Crippen molar-refractivity contribution in [3.05, 3.63) is 88.3 Å². The Labute approximate surface area is 172 Å². The molecule has 0 saturated carbocycles. The van der Waals surface area contributed by atoms with Gasteiger partial charge in [0.05, 0.1) is 17.9 Å². The fraction of sp³-hybridized carbons (Fsp3) is 0.174. The molecule has 0 N–H and O–H groups in total. The molecule has 0 aliphatic carbocycles. The quantitative estimate of drug-likeness (QED) is 0.484. The Morgan fingerprint density at radius 3 is 2.62 bits per heavy atom. The second-order valence-corrected chi connectivity index (χ2v) is 8.07. The second-order valence-electron chi connectivity index (χ2n) is 7.13. The third kappa shape index (κ3) is 3.95. The van der Waals surface area contributed by atoms with Gasteiger partial charge < -0.3 is 0 Å². The summed E-state index contributed by atoms with van der Waals surface area (Å²) in [7, 11) is 0. The number of benzene rings is 2. The molecule has 3 heterocycles. The van der Waals surface area contributed by atoms with Crippen LogP contribution in [0.15, 0.2) is 66.2 Å². The molecule has 5 rings (SSSR count). The van der Waals surface area contributed by atoms with Gasteiger partial charge in [-0.3, -0.25) is 4.90 Å². The number of hydrogen-bond acceptors (Lipinski definition) is 5. The molecule has 2 aromatic carbocycles. The average molecular weight is 402 g/mol. The second kappa shape index (κ2) is 7.81. The molecule has 144 valence electrons. The monoisotopic (exact) mass is 402 g/mol. The van der Waals surface area contributed by atoms with E-state index in [4.69, 9.17) is 9.97 Å². The summed E-state index contributed by atoms with van der Waals surface area (Å²) in [5.41, 5.74) is 5.22. The van der Waals surface area contributed by atoms with Gasteiger partial charge in [0, 0.05) is 47.8 Å². The fourth-order valence-electron chi connectivity index (χ4n) is 3.56. The van der Waals surface area contributed by atoms with E-state index in [0.717, 1.165) is 59.4 Å². The SMILES string of the molecule is Fc1ccc(-c2csc(CN3CCc4nc(-c5ccccc5)ncc4C3)n2)cc1. The van der Waals surface area contributed by atoms with Crippen molar-refractivity contribution in [2.75, 3.05) is 6.54 Å². The summed E-state index contributed by atoms with van der Waals surface area (Å²) in [4.78, 5) is 16.5. The topological polar surface area (TPSA) is 41.9 Å². The van der Waals surface area contributed by atoms with E-state index in [9.17, 15) is 4.39 Å². The van der Waals surface area contributed by atoms with Crippen LogP contribution < -0.4 is 0 Å². The Kier molecular flexibility index (Phi) is 4.87. The Bertz CT molecular complexity index is 1130. The third-order valence-electron chi connectivity index (χ3n) is 5.10. The van der Waals surface area contributed by atoms with Gasteiger partial charge >= 0.3 is 0 Å². The molecule has 0 radical (unpaired) electrons. The van der Waals surface area contributed by atoms with E-state index in [1.165, 1.54) is 17.7 Å². The molecule has 0 saturated heterocycles. The number of fused-ring (bicyclic) bond motifs is 1. The van der Waals surface area contributed by atoms with Gasteiger partial charge in [0.2, 0.25) is 0 Å². The Hall–Kier alpha value is -2.96. The van der Waals surface area contributed by atoms with Crippen LogP contribution in [0, 0.1) is 5.82 Å². The van der Waals surface area contributed by atoms with Crippen molar-refractivity contribution in [1.29, 1.82) is 0 Å². The number of rotatable bonds is 4. The first-order valence-electron chi connectivity index (χ1n) is 9.57. The van der Waals surface area contributed by atoms with E-state index in [1.807, 2.05) is 41.9 Å². The Morgan fingerprint density at radius 1 is 0.966 bits per heavy atom. The molecule has 0 bridgehead atoms. The predicted molar refractivity (Wildman–Crippen MR) is 113 cm³/mol. The summed E-state index contributed by atoms with van der Waals surface area (Å²) >= 11 is 1.65. The first-order valence-corrected chi connectivity index (χ1v) is 10.5. The van der Waals surface area contributed by atoms with Crippen LogP contribution in [0.1, 0.15) is 16.3 Å². The van der Waals surface area contributed by atoms with E-state index in [-0.39, 0.29) is 5.82 Å². The van der Waals surface area contributed by atoms with Crippen LogP contribution in [0.25, 0.3) is 22.6 Å². The van der Waals surface area contributed by atoms with Gasteiger partial charge in [-0.15, -0.1) is 11.3 Å². The van der Waals surface area contributed by atoms with Crippen molar-refractivity contribution in [2.45, 2.75) is 19.5 Å². The standard InChI is InChI=1S/C23H19FN4S/c24-19-8-6-16(7-9-19)21-15-29-22(26-21)14-28-11-10-20-18(13-28)12-25-23(27-20)17-4-2-1-3-5-17/h1-9,12,15H,10-11,13-14H2. The van der Waals surface area contributed by atoms with E-state index < -0.39 is 0 Å². The lowest BCUT2D eigenvalue weighted by atomic mass is 10.1. The summed E-state index contributed by atoms with van der Waals surface area (Å²) in [6.07, 6.45) is 2.87. The summed E-state index contributed by atoms with van der Waals surface area (Å²) in [6, 6.07) is 16.6. The highest BCUT2D eigenvalue weighted by Gasteiger charge is 2.20. The highest BCUT2D eigenvalue weighted by Crippen LogP contribution is 2.25. The summed E-state index contributed by atoms with van der Waals surface area (Å²) in [5.74, 6) is 0.565. The molecular weight excluding hydrogens is 383 g/mol. The first-order chi connectivity index (χ1) is 14.2. The maximum atomic E-state index is 13.1. The van der Waals surface area contributed by atoms with E-state index in [0.29, 0.717) is 0 Å². The van der Waals surface area contributed by atoms with Crippen molar-refractivity contribution < 1.29 is 4.39 Å². The van der Waals surface area contributed by atoms with Crippen molar-refractivity contribution >= 4 is 11.3 Å². The number of aromatic nitrogens is 3. The van der Waals surface area contributed by atoms with Gasteiger partial charge in [-0.05, 0) is 24.3 Å². The van der Waals surface area contributed by atoms with Crippen LogP contribution in [-0.2, 0) is 19.5 Å². The van der Waals surface area contributed by atoms with Crippen LogP contribution in [0.5, 0.6) is 0 Å². The zero-order valence-electron chi connectivity index (χ0n) is 15.8. The molecule has 2 aromatic heterocycles. The molecule has 6 heteroatoms. The molecule has 0 unspecified atom stereocenters. The number of hydrogen-bond donors (Lipinski definition) is 0. The molecule has 0 amide bonds. The van der Waals surface area contributed by atoms with Crippen molar-refractivity contribution in [3.63, 3.8) is 0 Å². The van der Waals surface area contributed by atoms with Crippen LogP contribution in [0.4, 0.5) is 4.39 Å². The number of nitrogens with zero attached hydrogens (tertiary/aromatic N) is 4. The van der Waals surface area contributed by atoms with Crippen LogP contribution in [-0.4, -0.2) is 26.4 Å². The van der Waals surface area contributed by atoms with Gasteiger partial charge in [-0.2, -0.15) is 0 Å². The lowest BCUT2D eigenvalue weighted by Crippen LogP contribution is -2.30. The molecule has 0 atom stereocenters. The highest BCUT2D eigenvalue weighted by molar-refractivity contribution is 7.09. The van der Waals surface area contributed by atoms with Gasteiger partial charge in [-0.1, -0.05) is 30.3 Å². The lowest BCUT2D eigenvalue weighted by Gasteiger charge is -2.27. The minimum atomic E-state index is -0.228. The summed E-state index contributed by atoms with van der Waals surface area (Å²) in [5, 5.41) is 3.10. The third-order valence-corrected chi connectivity index (χ3v) is 5.93. The minimum Gasteiger partial charge on any atom is -0.292 e. The van der Waals surface area contributed by atoms with Gasteiger partial charge in [0.1, 0.15) is 10.8 Å². The summed E-state index contributed by atoms with van der Waals surface area (Å²) < 4.78 is 13.1. The number of halogens is 1. The van der Waals surface area contributed by atoms with Gasteiger partial charge in [-0.25, -0.2) is 19.3 Å². The largest absolute Gasteiger partial charge is 0.292 e. The average Bonchev–Trinajstić information content (AvgIpc) is 3.23. The smallest absolute Gasteiger partial charge is 0.159 e. The van der Waals surface area contributed by atoms with Crippen molar-refractivity contribution in [2.24, 2.45) is 0 Å². The molecule has 1 aliphatic heterocycles. The molecule has 29 heavy (non-hydrogen) atoms. The van der Waals surface area contributed by atoms with Crippen LogP contribution in [0.2, 0.25) is 0 Å².